The molecule has 0 bridgehead atoms. The molecule has 0 N–H and O–H groups in total. The second-order valence-corrected chi connectivity index (χ2v) is 10.5. The Hall–Kier alpha value is -1.57. The number of nitrogens with zero attached hydrogens (tertiary/aromatic N) is 1. The highest BCUT2D eigenvalue weighted by Crippen LogP contribution is 2.25. The Labute approximate surface area is 168 Å². The predicted octanol–water partition coefficient (Wildman–Crippen LogP) is 3.61. The van der Waals surface area contributed by atoms with Crippen LogP contribution in [0.4, 0.5) is 0 Å². The van der Waals surface area contributed by atoms with Crippen LogP contribution in [0.2, 0.25) is 5.02 Å². The number of halogens is 1. The summed E-state index contributed by atoms with van der Waals surface area (Å²) in [5.41, 5.74) is 1.95. The fourth-order valence-corrected chi connectivity index (χ4v) is 6.02. The summed E-state index contributed by atoms with van der Waals surface area (Å²) in [5, 5.41) is 2.59. The number of amides is 1. The van der Waals surface area contributed by atoms with Crippen LogP contribution in [0, 0.1) is 13.8 Å². The monoisotopic (exact) mass is 427 g/mol. The lowest BCUT2D eigenvalue weighted by molar-refractivity contribution is -0.135. The summed E-state index contributed by atoms with van der Waals surface area (Å²) in [7, 11) is -3.09. The molecule has 2 aromatic rings. The minimum atomic E-state index is -3.09. The molecular formula is C19H22ClNO4S2. The van der Waals surface area contributed by atoms with E-state index in [-0.39, 0.29) is 30.1 Å². The van der Waals surface area contributed by atoms with Crippen molar-refractivity contribution in [2.75, 3.05) is 18.1 Å². The van der Waals surface area contributed by atoms with Crippen molar-refractivity contribution in [1.82, 2.24) is 4.90 Å². The molecule has 0 spiro atoms. The Morgan fingerprint density at radius 1 is 1.30 bits per heavy atom. The summed E-state index contributed by atoms with van der Waals surface area (Å²) >= 11 is 7.52. The van der Waals surface area contributed by atoms with Gasteiger partial charge < -0.3 is 9.64 Å². The molecule has 2 heterocycles. The first kappa shape index (κ1) is 20.2. The van der Waals surface area contributed by atoms with Crippen LogP contribution >= 0.6 is 22.9 Å². The van der Waals surface area contributed by atoms with Gasteiger partial charge in [-0.25, -0.2) is 8.42 Å². The molecule has 1 aliphatic heterocycles. The Bertz CT molecular complexity index is 939. The Morgan fingerprint density at radius 2 is 2.07 bits per heavy atom. The summed E-state index contributed by atoms with van der Waals surface area (Å²) in [6.07, 6.45) is 0.471. The van der Waals surface area contributed by atoms with E-state index in [1.54, 1.807) is 34.4 Å². The lowest BCUT2D eigenvalue weighted by Crippen LogP contribution is -2.43. The molecule has 1 aromatic carbocycles. The molecule has 27 heavy (non-hydrogen) atoms. The van der Waals surface area contributed by atoms with Gasteiger partial charge in [-0.15, -0.1) is 11.3 Å². The normalized spacial score (nSPS) is 18.4. The van der Waals surface area contributed by atoms with Crippen LogP contribution in [0.1, 0.15) is 22.4 Å². The molecule has 5 nitrogen and oxygen atoms in total. The molecule has 8 heteroatoms. The lowest BCUT2D eigenvalue weighted by Gasteiger charge is -2.28. The quantitative estimate of drug-likeness (QED) is 0.706. The number of benzene rings is 1. The number of rotatable bonds is 6. The zero-order valence-electron chi connectivity index (χ0n) is 15.3. The third kappa shape index (κ3) is 5.03. The lowest BCUT2D eigenvalue weighted by atomic mass is 10.2. The zero-order chi connectivity index (χ0) is 19.6. The highest BCUT2D eigenvalue weighted by atomic mass is 35.5. The highest BCUT2D eigenvalue weighted by molar-refractivity contribution is 7.91. The smallest absolute Gasteiger partial charge is 0.261 e. The van der Waals surface area contributed by atoms with E-state index in [2.05, 4.69) is 0 Å². The number of hydrogen-bond acceptors (Lipinski definition) is 5. The molecule has 0 unspecified atom stereocenters. The zero-order valence-corrected chi connectivity index (χ0v) is 17.7. The Kier molecular flexibility index (Phi) is 6.13. The second-order valence-electron chi connectivity index (χ2n) is 6.80. The molecule has 146 valence electrons. The van der Waals surface area contributed by atoms with Gasteiger partial charge >= 0.3 is 0 Å². The van der Waals surface area contributed by atoms with E-state index in [0.29, 0.717) is 23.7 Å². The number of hydrogen-bond donors (Lipinski definition) is 0. The van der Waals surface area contributed by atoms with Crippen LogP contribution in [0.15, 0.2) is 29.6 Å². The summed E-state index contributed by atoms with van der Waals surface area (Å²) < 4.78 is 29.5. The molecule has 1 fully saturated rings. The third-order valence-electron chi connectivity index (χ3n) is 4.74. The van der Waals surface area contributed by atoms with Crippen molar-refractivity contribution in [3.8, 4) is 5.75 Å². The first-order valence-corrected chi connectivity index (χ1v) is 11.7. The first-order chi connectivity index (χ1) is 12.7. The SMILES string of the molecule is Cc1cc(Cl)ccc1OCC(=O)N(Cc1sccc1C)[C@@H]1CCS(=O)(=O)C1. The molecule has 0 radical (unpaired) electrons. The average molecular weight is 428 g/mol. The molecule has 1 amide bonds. The van der Waals surface area contributed by atoms with Crippen LogP contribution in [0.5, 0.6) is 5.75 Å². The predicted molar refractivity (Wildman–Crippen MR) is 108 cm³/mol. The fraction of sp³-hybridized carbons (Fsp3) is 0.421. The van der Waals surface area contributed by atoms with Crippen LogP contribution in [0.25, 0.3) is 0 Å². The Balaban J connectivity index is 1.75. The van der Waals surface area contributed by atoms with E-state index in [1.165, 1.54) is 0 Å². The minimum Gasteiger partial charge on any atom is -0.483 e. The van der Waals surface area contributed by atoms with Gasteiger partial charge in [0.15, 0.2) is 16.4 Å². The van der Waals surface area contributed by atoms with E-state index in [1.807, 2.05) is 25.3 Å². The maximum atomic E-state index is 12.9. The average Bonchev–Trinajstić information content (AvgIpc) is 3.16. The van der Waals surface area contributed by atoms with Crippen LogP contribution in [-0.2, 0) is 21.2 Å². The van der Waals surface area contributed by atoms with Crippen LogP contribution in [0.3, 0.4) is 0 Å². The number of aryl methyl sites for hydroxylation is 2. The van der Waals surface area contributed by atoms with E-state index in [9.17, 15) is 13.2 Å². The molecule has 0 saturated carbocycles. The largest absolute Gasteiger partial charge is 0.483 e. The summed E-state index contributed by atoms with van der Waals surface area (Å²) in [6, 6.07) is 6.92. The summed E-state index contributed by atoms with van der Waals surface area (Å²) in [6.45, 7) is 4.13. The van der Waals surface area contributed by atoms with Crippen LogP contribution in [-0.4, -0.2) is 43.4 Å². The third-order valence-corrected chi connectivity index (χ3v) is 7.73. The van der Waals surface area contributed by atoms with Crippen molar-refractivity contribution in [3.63, 3.8) is 0 Å². The highest BCUT2D eigenvalue weighted by Gasteiger charge is 2.35. The molecule has 1 aliphatic rings. The topological polar surface area (TPSA) is 63.7 Å². The number of carbonyl (C=O) groups is 1. The second kappa shape index (κ2) is 8.20. The van der Waals surface area contributed by atoms with Gasteiger partial charge in [-0.3, -0.25) is 4.79 Å². The molecule has 1 saturated heterocycles. The maximum absolute atomic E-state index is 12.9. The summed E-state index contributed by atoms with van der Waals surface area (Å²) in [4.78, 5) is 15.6. The minimum absolute atomic E-state index is 0.0170. The molecule has 1 atom stereocenters. The molecule has 0 aliphatic carbocycles. The van der Waals surface area contributed by atoms with Gasteiger partial charge in [-0.1, -0.05) is 11.6 Å². The summed E-state index contributed by atoms with van der Waals surface area (Å²) in [5.74, 6) is 0.531. The maximum Gasteiger partial charge on any atom is 0.261 e. The van der Waals surface area contributed by atoms with Crippen molar-refractivity contribution < 1.29 is 17.9 Å². The van der Waals surface area contributed by atoms with Crippen molar-refractivity contribution in [2.24, 2.45) is 0 Å². The van der Waals surface area contributed by atoms with Gasteiger partial charge in [0.25, 0.3) is 5.91 Å². The first-order valence-electron chi connectivity index (χ1n) is 8.67. The number of carbonyl (C=O) groups excluding carboxylic acids is 1. The number of sulfone groups is 1. The van der Waals surface area contributed by atoms with E-state index < -0.39 is 9.84 Å². The molecule has 3 rings (SSSR count). The van der Waals surface area contributed by atoms with Crippen molar-refractivity contribution in [1.29, 1.82) is 0 Å². The van der Waals surface area contributed by atoms with Crippen molar-refractivity contribution in [3.05, 3.63) is 50.7 Å². The molecule has 1 aromatic heterocycles. The molecular weight excluding hydrogens is 406 g/mol. The van der Waals surface area contributed by atoms with Gasteiger partial charge in [0, 0.05) is 15.9 Å². The van der Waals surface area contributed by atoms with Gasteiger partial charge in [0.2, 0.25) is 0 Å². The number of ether oxygens (including phenoxy) is 1. The Morgan fingerprint density at radius 3 is 2.67 bits per heavy atom. The standard InChI is InChI=1S/C19H22ClNO4S2/c1-13-5-7-26-18(13)10-21(16-6-8-27(23,24)12-16)19(22)11-25-17-4-3-15(20)9-14(17)2/h3-5,7,9,16H,6,8,10-12H2,1-2H3/t16-/m1/s1. The van der Waals surface area contributed by atoms with E-state index >= 15 is 0 Å². The fourth-order valence-electron chi connectivity index (χ4n) is 3.16. The van der Waals surface area contributed by atoms with E-state index in [0.717, 1.165) is 16.0 Å². The van der Waals surface area contributed by atoms with Crippen molar-refractivity contribution >= 4 is 38.7 Å². The van der Waals surface area contributed by atoms with Gasteiger partial charge in [0.1, 0.15) is 5.75 Å². The number of thiophene rings is 1. The van der Waals surface area contributed by atoms with E-state index in [4.69, 9.17) is 16.3 Å². The van der Waals surface area contributed by atoms with Crippen LogP contribution < -0.4 is 4.74 Å². The van der Waals surface area contributed by atoms with Gasteiger partial charge in [0.05, 0.1) is 18.1 Å². The van der Waals surface area contributed by atoms with Gasteiger partial charge in [-0.2, -0.15) is 0 Å². The van der Waals surface area contributed by atoms with Crippen molar-refractivity contribution in [2.45, 2.75) is 32.9 Å². The van der Waals surface area contributed by atoms with Gasteiger partial charge in [-0.05, 0) is 61.0 Å².